The average molecular weight is 593 g/mol. The molecule has 5 rings (SSSR count). The summed E-state index contributed by atoms with van der Waals surface area (Å²) in [5.74, 6) is 2.12. The van der Waals surface area contributed by atoms with Crippen molar-refractivity contribution in [2.45, 2.75) is 16.3 Å². The number of hydrogen-bond acceptors (Lipinski definition) is 10. The van der Waals surface area contributed by atoms with Crippen LogP contribution in [-0.2, 0) is 26.2 Å². The van der Waals surface area contributed by atoms with Crippen molar-refractivity contribution in [2.75, 3.05) is 31.0 Å². The molecule has 10 nitrogen and oxygen atoms in total. The van der Waals surface area contributed by atoms with E-state index in [4.69, 9.17) is 9.15 Å². The number of nitrogens with zero attached hydrogens (tertiary/aromatic N) is 2. The molecular weight excluding hydrogens is 564 g/mol. The second-order valence-corrected chi connectivity index (χ2v) is 13.5. The highest BCUT2D eigenvalue weighted by Crippen LogP contribution is 2.38. The summed E-state index contributed by atoms with van der Waals surface area (Å²) in [7, 11) is -5.31. The summed E-state index contributed by atoms with van der Waals surface area (Å²) in [5, 5.41) is 6.89. The SMILES string of the molecule is COc1cc2ncnc(Nc3ccccc3S(=O)(=O)c3ccccc3)c2cc1-c1ccc(CNCCS(C)(=O)=O)o1. The van der Waals surface area contributed by atoms with Crippen LogP contribution in [0.15, 0.2) is 99.4 Å². The number of ether oxygens (including phenoxy) is 1. The molecule has 212 valence electrons. The number of aromatic nitrogens is 2. The molecular formula is C29H28N4O6S2. The van der Waals surface area contributed by atoms with Crippen molar-refractivity contribution in [3.63, 3.8) is 0 Å². The van der Waals surface area contributed by atoms with Gasteiger partial charge in [0.15, 0.2) is 0 Å². The maximum absolute atomic E-state index is 13.4. The van der Waals surface area contributed by atoms with Crippen LogP contribution in [0, 0.1) is 0 Å². The number of methoxy groups -OCH3 is 1. The summed E-state index contributed by atoms with van der Waals surface area (Å²) in [6.45, 7) is 0.663. The van der Waals surface area contributed by atoms with Gasteiger partial charge in [0.25, 0.3) is 0 Å². The highest BCUT2D eigenvalue weighted by Gasteiger charge is 2.22. The lowest BCUT2D eigenvalue weighted by atomic mass is 10.1. The molecule has 0 fully saturated rings. The van der Waals surface area contributed by atoms with Crippen molar-refractivity contribution < 1.29 is 26.0 Å². The minimum absolute atomic E-state index is 0.0324. The molecule has 41 heavy (non-hydrogen) atoms. The molecule has 0 bridgehead atoms. The first kappa shape index (κ1) is 28.3. The highest BCUT2D eigenvalue weighted by atomic mass is 32.2. The molecule has 0 radical (unpaired) electrons. The zero-order valence-electron chi connectivity index (χ0n) is 22.4. The maximum atomic E-state index is 13.4. The molecule has 0 saturated heterocycles. The third kappa shape index (κ3) is 6.40. The Morgan fingerprint density at radius 1 is 0.902 bits per heavy atom. The molecule has 0 saturated carbocycles. The number of sulfone groups is 2. The topological polar surface area (TPSA) is 140 Å². The van der Waals surface area contributed by atoms with Crippen LogP contribution in [0.3, 0.4) is 0 Å². The Labute approximate surface area is 238 Å². The van der Waals surface area contributed by atoms with Crippen LogP contribution in [0.2, 0.25) is 0 Å². The fraction of sp³-hybridized carbons (Fsp3) is 0.172. The van der Waals surface area contributed by atoms with Crippen LogP contribution in [0.25, 0.3) is 22.2 Å². The number of para-hydroxylation sites is 1. The van der Waals surface area contributed by atoms with Gasteiger partial charge < -0.3 is 19.8 Å². The monoisotopic (exact) mass is 592 g/mol. The number of furan rings is 1. The molecule has 12 heteroatoms. The molecule has 2 heterocycles. The van der Waals surface area contributed by atoms with Gasteiger partial charge in [-0.3, -0.25) is 0 Å². The van der Waals surface area contributed by atoms with E-state index in [9.17, 15) is 16.8 Å². The van der Waals surface area contributed by atoms with Gasteiger partial charge in [0.1, 0.15) is 39.3 Å². The second-order valence-electron chi connectivity index (χ2n) is 9.30. The predicted molar refractivity (Wildman–Crippen MR) is 157 cm³/mol. The van der Waals surface area contributed by atoms with Gasteiger partial charge in [0.05, 0.1) is 46.0 Å². The Bertz CT molecular complexity index is 1910. The third-order valence-corrected chi connectivity index (χ3v) is 9.09. The van der Waals surface area contributed by atoms with E-state index in [0.717, 1.165) is 0 Å². The first-order valence-corrected chi connectivity index (χ1v) is 16.2. The highest BCUT2D eigenvalue weighted by molar-refractivity contribution is 7.91. The molecule has 3 aromatic carbocycles. The van der Waals surface area contributed by atoms with Gasteiger partial charge >= 0.3 is 0 Å². The number of rotatable bonds is 11. The molecule has 2 N–H and O–H groups in total. The molecule has 0 atom stereocenters. The van der Waals surface area contributed by atoms with Gasteiger partial charge in [-0.15, -0.1) is 0 Å². The molecule has 0 aliphatic heterocycles. The van der Waals surface area contributed by atoms with Crippen molar-refractivity contribution in [1.82, 2.24) is 15.3 Å². The number of hydrogen-bond donors (Lipinski definition) is 2. The molecule has 0 amide bonds. The summed E-state index contributed by atoms with van der Waals surface area (Å²) in [4.78, 5) is 9.10. The zero-order chi connectivity index (χ0) is 29.0. The summed E-state index contributed by atoms with van der Waals surface area (Å²) < 4.78 is 61.3. The fourth-order valence-electron chi connectivity index (χ4n) is 4.29. The molecule has 0 unspecified atom stereocenters. The summed E-state index contributed by atoms with van der Waals surface area (Å²) in [6.07, 6.45) is 2.59. The average Bonchev–Trinajstić information content (AvgIpc) is 3.44. The van der Waals surface area contributed by atoms with E-state index >= 15 is 0 Å². The van der Waals surface area contributed by atoms with Crippen LogP contribution in [0.1, 0.15) is 5.76 Å². The first-order valence-electron chi connectivity index (χ1n) is 12.6. The Balaban J connectivity index is 1.49. The van der Waals surface area contributed by atoms with Crippen molar-refractivity contribution in [3.05, 3.63) is 91.0 Å². The van der Waals surface area contributed by atoms with Crippen LogP contribution in [0.4, 0.5) is 11.5 Å². The Kier molecular flexibility index (Phi) is 8.06. The van der Waals surface area contributed by atoms with Crippen LogP contribution in [0.5, 0.6) is 5.75 Å². The molecule has 0 aliphatic carbocycles. The lowest BCUT2D eigenvalue weighted by Crippen LogP contribution is -2.21. The minimum Gasteiger partial charge on any atom is -0.496 e. The maximum Gasteiger partial charge on any atom is 0.208 e. The van der Waals surface area contributed by atoms with Gasteiger partial charge in [-0.1, -0.05) is 30.3 Å². The molecule has 0 aliphatic rings. The van der Waals surface area contributed by atoms with Crippen molar-refractivity contribution in [1.29, 1.82) is 0 Å². The van der Waals surface area contributed by atoms with Crippen LogP contribution >= 0.6 is 0 Å². The number of fused-ring (bicyclic) bond motifs is 1. The second kappa shape index (κ2) is 11.7. The van der Waals surface area contributed by atoms with E-state index in [1.54, 1.807) is 79.9 Å². The van der Waals surface area contributed by atoms with E-state index < -0.39 is 19.7 Å². The summed E-state index contributed by atoms with van der Waals surface area (Å²) in [5.41, 5.74) is 1.60. The molecule has 5 aromatic rings. The normalized spacial score (nSPS) is 12.0. The largest absolute Gasteiger partial charge is 0.496 e. The van der Waals surface area contributed by atoms with Gasteiger partial charge in [-0.25, -0.2) is 26.8 Å². The Morgan fingerprint density at radius 2 is 1.66 bits per heavy atom. The Hall–Kier alpha value is -4.26. The smallest absolute Gasteiger partial charge is 0.208 e. The predicted octanol–water partition coefficient (Wildman–Crippen LogP) is 4.61. The van der Waals surface area contributed by atoms with Gasteiger partial charge in [-0.2, -0.15) is 0 Å². The van der Waals surface area contributed by atoms with E-state index in [1.807, 2.05) is 6.07 Å². The first-order chi connectivity index (χ1) is 19.7. The van der Waals surface area contributed by atoms with Gasteiger partial charge in [-0.05, 0) is 42.5 Å². The Morgan fingerprint density at radius 3 is 2.41 bits per heavy atom. The van der Waals surface area contributed by atoms with Gasteiger partial charge in [0.2, 0.25) is 9.84 Å². The fourth-order valence-corrected chi connectivity index (χ4v) is 6.24. The quantitative estimate of drug-likeness (QED) is 0.209. The van der Waals surface area contributed by atoms with E-state index in [-0.39, 0.29) is 15.5 Å². The lowest BCUT2D eigenvalue weighted by molar-refractivity contribution is 0.414. The standard InChI is InChI=1S/C29H28N4O6S2/c1-38-27-17-25-22(16-23(27)26-13-12-20(39-26)18-30-14-15-40(2,34)35)29(32-19-31-25)33-24-10-6-7-11-28(24)41(36,37)21-8-4-3-5-9-21/h3-13,16-17,19,30H,14-15,18H2,1-2H3,(H,31,32,33). The van der Waals surface area contributed by atoms with E-state index in [0.29, 0.717) is 58.3 Å². The van der Waals surface area contributed by atoms with Crippen molar-refractivity contribution in [3.8, 4) is 17.1 Å². The minimum atomic E-state index is -3.80. The van der Waals surface area contributed by atoms with E-state index in [2.05, 4.69) is 20.6 Å². The lowest BCUT2D eigenvalue weighted by Gasteiger charge is -2.15. The summed E-state index contributed by atoms with van der Waals surface area (Å²) in [6, 6.07) is 22.1. The number of benzene rings is 3. The third-order valence-electron chi connectivity index (χ3n) is 6.32. The number of nitrogens with one attached hydrogen (secondary N) is 2. The number of anilines is 2. The van der Waals surface area contributed by atoms with Gasteiger partial charge in [0, 0.05) is 24.3 Å². The summed E-state index contributed by atoms with van der Waals surface area (Å²) >= 11 is 0. The van der Waals surface area contributed by atoms with Crippen molar-refractivity contribution >= 4 is 42.1 Å². The molecule has 2 aromatic heterocycles. The molecule has 0 spiro atoms. The van der Waals surface area contributed by atoms with E-state index in [1.165, 1.54) is 12.6 Å². The van der Waals surface area contributed by atoms with Crippen molar-refractivity contribution in [2.24, 2.45) is 0 Å². The zero-order valence-corrected chi connectivity index (χ0v) is 24.0. The van der Waals surface area contributed by atoms with Crippen LogP contribution in [-0.4, -0.2) is 52.5 Å². The van der Waals surface area contributed by atoms with Crippen LogP contribution < -0.4 is 15.4 Å².